The summed E-state index contributed by atoms with van der Waals surface area (Å²) in [5, 5.41) is 2.87. The van der Waals surface area contributed by atoms with Crippen LogP contribution in [0.2, 0.25) is 0 Å². The zero-order chi connectivity index (χ0) is 18.0. The monoisotopic (exact) mass is 358 g/mol. The lowest BCUT2D eigenvalue weighted by atomic mass is 10.1. The van der Waals surface area contributed by atoms with Crippen LogP contribution in [0, 0.1) is 13.8 Å². The van der Waals surface area contributed by atoms with E-state index in [0.717, 1.165) is 23.2 Å². The van der Waals surface area contributed by atoms with E-state index in [4.69, 9.17) is 0 Å². The topological polar surface area (TPSA) is 66.5 Å². The fourth-order valence-corrected chi connectivity index (χ4v) is 4.53. The Bertz CT molecular complexity index is 907. The highest BCUT2D eigenvalue weighted by Gasteiger charge is 2.26. The Morgan fingerprint density at radius 3 is 2.56 bits per heavy atom. The molecule has 0 atom stereocenters. The second kappa shape index (κ2) is 6.88. The molecule has 1 N–H and O–H groups in total. The van der Waals surface area contributed by atoms with Crippen molar-refractivity contribution < 1.29 is 13.2 Å². The van der Waals surface area contributed by atoms with E-state index < -0.39 is 10.0 Å². The third kappa shape index (κ3) is 3.85. The minimum absolute atomic E-state index is 0.159. The van der Waals surface area contributed by atoms with E-state index in [1.54, 1.807) is 24.3 Å². The molecule has 6 heteroatoms. The molecule has 3 rings (SSSR count). The number of carbonyl (C=O) groups excluding carboxylic acids is 1. The summed E-state index contributed by atoms with van der Waals surface area (Å²) in [5.41, 5.74) is 3.98. The number of nitrogens with one attached hydrogen (secondary N) is 1. The van der Waals surface area contributed by atoms with Gasteiger partial charge < -0.3 is 5.32 Å². The molecular formula is C19H22N2O3S. The lowest BCUT2D eigenvalue weighted by Crippen LogP contribution is -2.37. The van der Waals surface area contributed by atoms with Gasteiger partial charge in [-0.3, -0.25) is 9.10 Å². The Hall–Kier alpha value is -2.34. The lowest BCUT2D eigenvalue weighted by Gasteiger charge is -2.28. The number of sulfonamides is 1. The Morgan fingerprint density at radius 2 is 1.84 bits per heavy atom. The molecule has 0 unspecified atom stereocenters. The van der Waals surface area contributed by atoms with Gasteiger partial charge in [0, 0.05) is 17.8 Å². The van der Waals surface area contributed by atoms with Crippen LogP contribution < -0.4 is 9.62 Å². The molecule has 2 aromatic rings. The first-order chi connectivity index (χ1) is 11.9. The van der Waals surface area contributed by atoms with Crippen LogP contribution in [0.25, 0.3) is 0 Å². The summed E-state index contributed by atoms with van der Waals surface area (Å²) < 4.78 is 25.9. The zero-order valence-electron chi connectivity index (χ0n) is 14.5. The first kappa shape index (κ1) is 17.5. The molecule has 0 saturated carbocycles. The average Bonchev–Trinajstić information content (AvgIpc) is 2.58. The molecule has 1 aliphatic rings. The summed E-state index contributed by atoms with van der Waals surface area (Å²) in [5.74, 6) is -0.0917. The standard InChI is InChI=1S/C19H22N2O3S/c1-14-8-9-17(12-15(14)2)20-19(22)16-6-5-7-18(13-16)21-10-3-4-11-25(21,23)24/h5-9,12-13H,3-4,10-11H2,1-2H3,(H,20,22). The van der Waals surface area contributed by atoms with Gasteiger partial charge in [0.15, 0.2) is 0 Å². The Labute approximate surface area is 148 Å². The highest BCUT2D eigenvalue weighted by atomic mass is 32.2. The molecule has 5 nitrogen and oxygen atoms in total. The minimum atomic E-state index is -3.29. The SMILES string of the molecule is Cc1ccc(NC(=O)c2cccc(N3CCCCS3(=O)=O)c2)cc1C. The molecule has 1 heterocycles. The zero-order valence-corrected chi connectivity index (χ0v) is 15.3. The summed E-state index contributed by atoms with van der Waals surface area (Å²) in [6.45, 7) is 4.47. The summed E-state index contributed by atoms with van der Waals surface area (Å²) in [7, 11) is -3.29. The fraction of sp³-hybridized carbons (Fsp3) is 0.316. The average molecular weight is 358 g/mol. The Morgan fingerprint density at radius 1 is 1.04 bits per heavy atom. The molecule has 0 bridgehead atoms. The van der Waals surface area contributed by atoms with Crippen LogP contribution in [0.1, 0.15) is 34.3 Å². The molecular weight excluding hydrogens is 336 g/mol. The maximum atomic E-state index is 12.5. The highest BCUT2D eigenvalue weighted by molar-refractivity contribution is 7.92. The molecule has 1 aliphatic heterocycles. The maximum Gasteiger partial charge on any atom is 0.255 e. The van der Waals surface area contributed by atoms with Crippen molar-refractivity contribution in [2.24, 2.45) is 0 Å². The van der Waals surface area contributed by atoms with Gasteiger partial charge in [-0.2, -0.15) is 0 Å². The van der Waals surface area contributed by atoms with Gasteiger partial charge in [-0.15, -0.1) is 0 Å². The molecule has 25 heavy (non-hydrogen) atoms. The van der Waals surface area contributed by atoms with E-state index >= 15 is 0 Å². The van der Waals surface area contributed by atoms with E-state index in [1.165, 1.54) is 4.31 Å². The number of aryl methyl sites for hydroxylation is 2. The first-order valence-electron chi connectivity index (χ1n) is 8.36. The van der Waals surface area contributed by atoms with Crippen LogP contribution in [-0.2, 0) is 10.0 Å². The minimum Gasteiger partial charge on any atom is -0.322 e. The van der Waals surface area contributed by atoms with Crippen LogP contribution in [0.4, 0.5) is 11.4 Å². The van der Waals surface area contributed by atoms with Crippen molar-refractivity contribution in [2.45, 2.75) is 26.7 Å². The van der Waals surface area contributed by atoms with E-state index in [9.17, 15) is 13.2 Å². The number of hydrogen-bond donors (Lipinski definition) is 1. The summed E-state index contributed by atoms with van der Waals surface area (Å²) in [4.78, 5) is 12.5. The van der Waals surface area contributed by atoms with Gasteiger partial charge in [-0.1, -0.05) is 12.1 Å². The summed E-state index contributed by atoms with van der Waals surface area (Å²) in [6, 6.07) is 12.5. The molecule has 0 radical (unpaired) electrons. The quantitative estimate of drug-likeness (QED) is 0.913. The van der Waals surface area contributed by atoms with Crippen molar-refractivity contribution in [3.8, 4) is 0 Å². The molecule has 1 fully saturated rings. The molecule has 1 saturated heterocycles. The predicted octanol–water partition coefficient (Wildman–Crippen LogP) is 3.49. The normalized spacial score (nSPS) is 16.5. The van der Waals surface area contributed by atoms with Gasteiger partial charge in [0.2, 0.25) is 10.0 Å². The fourth-order valence-electron chi connectivity index (χ4n) is 2.90. The summed E-state index contributed by atoms with van der Waals surface area (Å²) in [6.07, 6.45) is 1.52. The molecule has 2 aromatic carbocycles. The smallest absolute Gasteiger partial charge is 0.255 e. The summed E-state index contributed by atoms with van der Waals surface area (Å²) >= 11 is 0. The number of carbonyl (C=O) groups is 1. The molecule has 0 aromatic heterocycles. The first-order valence-corrected chi connectivity index (χ1v) is 9.97. The van der Waals surface area contributed by atoms with Crippen molar-refractivity contribution in [2.75, 3.05) is 21.9 Å². The van der Waals surface area contributed by atoms with Crippen LogP contribution in [0.15, 0.2) is 42.5 Å². The van der Waals surface area contributed by atoms with Gasteiger partial charge in [0.25, 0.3) is 5.91 Å². The molecule has 0 spiro atoms. The van der Waals surface area contributed by atoms with Gasteiger partial charge in [0.1, 0.15) is 0 Å². The molecule has 132 valence electrons. The van der Waals surface area contributed by atoms with Crippen molar-refractivity contribution in [3.63, 3.8) is 0 Å². The number of nitrogens with zero attached hydrogens (tertiary/aromatic N) is 1. The van der Waals surface area contributed by atoms with Crippen molar-refractivity contribution in [1.82, 2.24) is 0 Å². The maximum absolute atomic E-state index is 12.5. The van der Waals surface area contributed by atoms with Crippen molar-refractivity contribution >= 4 is 27.3 Å². The van der Waals surface area contributed by atoms with Crippen molar-refractivity contribution in [3.05, 3.63) is 59.2 Å². The van der Waals surface area contributed by atoms with Crippen LogP contribution in [0.5, 0.6) is 0 Å². The largest absolute Gasteiger partial charge is 0.322 e. The number of benzene rings is 2. The second-order valence-corrected chi connectivity index (χ2v) is 8.41. The van der Waals surface area contributed by atoms with Crippen LogP contribution in [0.3, 0.4) is 0 Å². The lowest BCUT2D eigenvalue weighted by molar-refractivity contribution is 0.102. The van der Waals surface area contributed by atoms with E-state index in [-0.39, 0.29) is 11.7 Å². The van der Waals surface area contributed by atoms with Crippen molar-refractivity contribution in [1.29, 1.82) is 0 Å². The Kier molecular flexibility index (Phi) is 4.81. The van der Waals surface area contributed by atoms with E-state index in [1.807, 2.05) is 32.0 Å². The third-order valence-electron chi connectivity index (χ3n) is 4.51. The Balaban J connectivity index is 1.83. The number of amides is 1. The van der Waals surface area contributed by atoms with Gasteiger partial charge in [0.05, 0.1) is 11.4 Å². The highest BCUT2D eigenvalue weighted by Crippen LogP contribution is 2.25. The van der Waals surface area contributed by atoms with Gasteiger partial charge in [-0.25, -0.2) is 8.42 Å². The second-order valence-electron chi connectivity index (χ2n) is 6.40. The predicted molar refractivity (Wildman–Crippen MR) is 101 cm³/mol. The molecule has 1 amide bonds. The van der Waals surface area contributed by atoms with Gasteiger partial charge in [-0.05, 0) is 68.1 Å². The van der Waals surface area contributed by atoms with E-state index in [0.29, 0.717) is 24.2 Å². The molecule has 0 aliphatic carbocycles. The van der Waals surface area contributed by atoms with Crippen LogP contribution in [-0.4, -0.2) is 26.6 Å². The number of anilines is 2. The van der Waals surface area contributed by atoms with Crippen LogP contribution >= 0.6 is 0 Å². The number of rotatable bonds is 3. The van der Waals surface area contributed by atoms with E-state index in [2.05, 4.69) is 5.32 Å². The number of hydrogen-bond acceptors (Lipinski definition) is 3. The third-order valence-corrected chi connectivity index (χ3v) is 6.38. The van der Waals surface area contributed by atoms with Gasteiger partial charge >= 0.3 is 0 Å².